The minimum Gasteiger partial charge on any atom is -0.340 e. The molecule has 112 valence electrons. The highest BCUT2D eigenvalue weighted by atomic mass is 79.9. The molecule has 1 aromatic rings. The fourth-order valence-corrected chi connectivity index (χ4v) is 3.34. The van der Waals surface area contributed by atoms with E-state index in [4.69, 9.17) is 0 Å². The normalized spacial score (nSPS) is 27.5. The number of rotatable bonds is 3. The van der Waals surface area contributed by atoms with Crippen LogP contribution in [-0.4, -0.2) is 28.8 Å². The monoisotopic (exact) mass is 350 g/mol. The fraction of sp³-hybridized carbons (Fsp3) is 0.500. The predicted molar refractivity (Wildman–Crippen MR) is 83.5 cm³/mol. The predicted octanol–water partition coefficient (Wildman–Crippen LogP) is 2.64. The molecule has 1 saturated heterocycles. The first-order valence-electron chi connectivity index (χ1n) is 7.29. The highest BCUT2D eigenvalue weighted by molar-refractivity contribution is 9.10. The smallest absolute Gasteiger partial charge is 0.249 e. The van der Waals surface area contributed by atoms with Gasteiger partial charge in [0.25, 0.3) is 0 Å². The maximum atomic E-state index is 12.9. The second-order valence-corrected chi connectivity index (χ2v) is 7.10. The van der Waals surface area contributed by atoms with Crippen LogP contribution in [0.1, 0.15) is 38.3 Å². The molecule has 1 saturated carbocycles. The zero-order valence-corrected chi connectivity index (χ0v) is 13.8. The molecule has 2 unspecified atom stereocenters. The summed E-state index contributed by atoms with van der Waals surface area (Å²) >= 11 is 3.41. The number of carbonyl (C=O) groups excluding carboxylic acids is 2. The number of amides is 2. The highest BCUT2D eigenvalue weighted by Crippen LogP contribution is 2.42. The number of benzene rings is 1. The van der Waals surface area contributed by atoms with Crippen LogP contribution in [0.15, 0.2) is 28.7 Å². The molecule has 4 nitrogen and oxygen atoms in total. The topological polar surface area (TPSA) is 49.4 Å². The van der Waals surface area contributed by atoms with Gasteiger partial charge in [-0.15, -0.1) is 0 Å². The number of nitrogens with zero attached hydrogens (tertiary/aromatic N) is 1. The Morgan fingerprint density at radius 3 is 2.48 bits per heavy atom. The molecule has 1 N–H and O–H groups in total. The largest absolute Gasteiger partial charge is 0.340 e. The lowest BCUT2D eigenvalue weighted by atomic mass is 9.90. The van der Waals surface area contributed by atoms with Gasteiger partial charge in [-0.05, 0) is 50.3 Å². The lowest BCUT2D eigenvalue weighted by Crippen LogP contribution is -2.66. The molecule has 5 heteroatoms. The van der Waals surface area contributed by atoms with E-state index in [1.54, 1.807) is 4.90 Å². The number of hydrogen-bond acceptors (Lipinski definition) is 2. The second-order valence-electron chi connectivity index (χ2n) is 6.19. The third-order valence-electron chi connectivity index (χ3n) is 4.63. The van der Waals surface area contributed by atoms with Gasteiger partial charge in [0.2, 0.25) is 11.8 Å². The van der Waals surface area contributed by atoms with Crippen molar-refractivity contribution in [3.63, 3.8) is 0 Å². The van der Waals surface area contributed by atoms with Gasteiger partial charge in [0.15, 0.2) is 0 Å². The molecule has 2 fully saturated rings. The quantitative estimate of drug-likeness (QED) is 0.910. The maximum absolute atomic E-state index is 12.9. The van der Waals surface area contributed by atoms with Gasteiger partial charge in [-0.2, -0.15) is 0 Å². The van der Waals surface area contributed by atoms with Crippen LogP contribution < -0.4 is 5.32 Å². The van der Waals surface area contributed by atoms with E-state index in [1.165, 1.54) is 0 Å². The van der Waals surface area contributed by atoms with Crippen LogP contribution >= 0.6 is 15.9 Å². The van der Waals surface area contributed by atoms with E-state index in [2.05, 4.69) is 21.2 Å². The first-order chi connectivity index (χ1) is 9.91. The summed E-state index contributed by atoms with van der Waals surface area (Å²) in [5.74, 6) is 0.266. The summed E-state index contributed by atoms with van der Waals surface area (Å²) in [5, 5.41) is 2.91. The van der Waals surface area contributed by atoms with Crippen molar-refractivity contribution in [1.29, 1.82) is 0 Å². The van der Waals surface area contributed by atoms with Crippen molar-refractivity contribution in [1.82, 2.24) is 10.2 Å². The summed E-state index contributed by atoms with van der Waals surface area (Å²) < 4.78 is 1.00. The number of carbonyl (C=O) groups is 2. The Morgan fingerprint density at radius 1 is 1.29 bits per heavy atom. The van der Waals surface area contributed by atoms with Crippen LogP contribution in [0.25, 0.3) is 0 Å². The van der Waals surface area contributed by atoms with E-state index < -0.39 is 5.54 Å². The molecule has 2 aliphatic rings. The molecule has 1 heterocycles. The Bertz CT molecular complexity index is 582. The molecule has 2 amide bonds. The zero-order valence-electron chi connectivity index (χ0n) is 12.2. The Balaban J connectivity index is 1.87. The van der Waals surface area contributed by atoms with Crippen LogP contribution in [0.3, 0.4) is 0 Å². The van der Waals surface area contributed by atoms with Crippen molar-refractivity contribution in [2.24, 2.45) is 5.92 Å². The standard InChI is InChI=1S/C16H19BrN2O2/c1-10(11-3-7-13(17)8-4-11)19-9-14(20)18-16(2,15(19)21)12-5-6-12/h3-4,7-8,10,12H,5-6,9H2,1-2H3,(H,18,20). The van der Waals surface area contributed by atoms with E-state index in [1.807, 2.05) is 38.1 Å². The van der Waals surface area contributed by atoms with E-state index in [9.17, 15) is 9.59 Å². The van der Waals surface area contributed by atoms with Gasteiger partial charge in [0, 0.05) is 4.47 Å². The van der Waals surface area contributed by atoms with E-state index >= 15 is 0 Å². The molecule has 1 aromatic carbocycles. The van der Waals surface area contributed by atoms with Crippen molar-refractivity contribution in [2.75, 3.05) is 6.54 Å². The zero-order chi connectivity index (χ0) is 15.2. The van der Waals surface area contributed by atoms with Crippen LogP contribution in [0.2, 0.25) is 0 Å². The lowest BCUT2D eigenvalue weighted by Gasteiger charge is -2.42. The molecule has 3 rings (SSSR count). The molecular formula is C16H19BrN2O2. The molecule has 0 bridgehead atoms. The molecule has 0 spiro atoms. The van der Waals surface area contributed by atoms with Crippen molar-refractivity contribution in [3.05, 3.63) is 34.3 Å². The van der Waals surface area contributed by atoms with Gasteiger partial charge in [-0.25, -0.2) is 0 Å². The van der Waals surface area contributed by atoms with Crippen LogP contribution in [-0.2, 0) is 9.59 Å². The van der Waals surface area contributed by atoms with Gasteiger partial charge in [0.1, 0.15) is 12.1 Å². The second kappa shape index (κ2) is 5.13. The average Bonchev–Trinajstić information content (AvgIpc) is 3.28. The van der Waals surface area contributed by atoms with Gasteiger partial charge >= 0.3 is 0 Å². The molecule has 2 atom stereocenters. The van der Waals surface area contributed by atoms with E-state index in [-0.39, 0.29) is 30.3 Å². The summed E-state index contributed by atoms with van der Waals surface area (Å²) in [4.78, 5) is 26.6. The third-order valence-corrected chi connectivity index (χ3v) is 5.16. The van der Waals surface area contributed by atoms with Crippen molar-refractivity contribution >= 4 is 27.7 Å². The maximum Gasteiger partial charge on any atom is 0.249 e. The van der Waals surface area contributed by atoms with E-state index in [0.717, 1.165) is 22.9 Å². The Kier molecular flexibility index (Phi) is 3.56. The number of halogens is 1. The molecule has 0 aromatic heterocycles. The van der Waals surface area contributed by atoms with Crippen LogP contribution in [0.4, 0.5) is 0 Å². The van der Waals surface area contributed by atoms with E-state index in [0.29, 0.717) is 0 Å². The fourth-order valence-electron chi connectivity index (χ4n) is 3.08. The summed E-state index contributed by atoms with van der Waals surface area (Å²) in [7, 11) is 0. The number of nitrogens with one attached hydrogen (secondary N) is 1. The van der Waals surface area contributed by atoms with Gasteiger partial charge in [0.05, 0.1) is 6.04 Å². The van der Waals surface area contributed by atoms with Crippen molar-refractivity contribution in [3.8, 4) is 0 Å². The Morgan fingerprint density at radius 2 is 1.90 bits per heavy atom. The SMILES string of the molecule is CC(c1ccc(Br)cc1)N1CC(=O)NC(C)(C2CC2)C1=O. The highest BCUT2D eigenvalue weighted by Gasteiger charge is 2.53. The van der Waals surface area contributed by atoms with Crippen LogP contribution in [0, 0.1) is 5.92 Å². The van der Waals surface area contributed by atoms with Gasteiger partial charge in [-0.1, -0.05) is 28.1 Å². The molecule has 0 radical (unpaired) electrons. The molecule has 1 aliphatic carbocycles. The summed E-state index contributed by atoms with van der Waals surface area (Å²) in [6.45, 7) is 3.98. The Hall–Kier alpha value is -1.36. The lowest BCUT2D eigenvalue weighted by molar-refractivity contribution is -0.152. The summed E-state index contributed by atoms with van der Waals surface area (Å²) in [5.41, 5.74) is 0.318. The number of piperazine rings is 1. The first kappa shape index (κ1) is 14.6. The molecule has 21 heavy (non-hydrogen) atoms. The van der Waals surface area contributed by atoms with Crippen molar-refractivity contribution < 1.29 is 9.59 Å². The van der Waals surface area contributed by atoms with Gasteiger partial charge < -0.3 is 10.2 Å². The molecular weight excluding hydrogens is 332 g/mol. The minimum absolute atomic E-state index is 0.0417. The first-order valence-corrected chi connectivity index (χ1v) is 8.08. The summed E-state index contributed by atoms with van der Waals surface area (Å²) in [6, 6.07) is 7.79. The van der Waals surface area contributed by atoms with Gasteiger partial charge in [-0.3, -0.25) is 9.59 Å². The summed E-state index contributed by atoms with van der Waals surface area (Å²) in [6.07, 6.45) is 2.03. The Labute approximate surface area is 133 Å². The number of hydrogen-bond donors (Lipinski definition) is 1. The minimum atomic E-state index is -0.723. The molecule has 1 aliphatic heterocycles. The third kappa shape index (κ3) is 2.59. The average molecular weight is 351 g/mol. The van der Waals surface area contributed by atoms with Crippen LogP contribution in [0.5, 0.6) is 0 Å². The van der Waals surface area contributed by atoms with Crippen molar-refractivity contribution in [2.45, 2.75) is 38.3 Å².